The molecule has 2 N–H and O–H groups in total. The number of nitrogens with zero attached hydrogens (tertiary/aromatic N) is 1. The zero-order chi connectivity index (χ0) is 15.7. The standard InChI is InChI=1S/C17H27NO3/c1-3-4-5-10-16(19)11-14-8-6-7-9-15(14)12-18(2)13-17(20)21/h6-9,16,19H,3-5,10-13H2,1-2H3,(H,20,21). The molecule has 4 nitrogen and oxygen atoms in total. The van der Waals surface area contributed by atoms with Crippen molar-refractivity contribution in [3.05, 3.63) is 35.4 Å². The predicted octanol–water partition coefficient (Wildman–Crippen LogP) is 2.69. The second-order valence-electron chi connectivity index (χ2n) is 5.69. The summed E-state index contributed by atoms with van der Waals surface area (Å²) in [6, 6.07) is 7.95. The SMILES string of the molecule is CCCCCC(O)Cc1ccccc1CN(C)CC(=O)O. The van der Waals surface area contributed by atoms with Gasteiger partial charge in [0, 0.05) is 6.54 Å². The number of carbonyl (C=O) groups is 1. The molecule has 0 heterocycles. The van der Waals surface area contributed by atoms with E-state index in [0.717, 1.165) is 36.8 Å². The van der Waals surface area contributed by atoms with Gasteiger partial charge in [-0.1, -0.05) is 50.5 Å². The number of carboxylic acids is 1. The average Bonchev–Trinajstić information content (AvgIpc) is 2.40. The van der Waals surface area contributed by atoms with Crippen LogP contribution >= 0.6 is 0 Å². The van der Waals surface area contributed by atoms with Crippen LogP contribution in [0.4, 0.5) is 0 Å². The normalized spacial score (nSPS) is 12.6. The van der Waals surface area contributed by atoms with Crippen molar-refractivity contribution in [3.63, 3.8) is 0 Å². The first-order valence-corrected chi connectivity index (χ1v) is 7.68. The van der Waals surface area contributed by atoms with E-state index in [9.17, 15) is 9.90 Å². The Bertz CT molecular complexity index is 434. The molecule has 0 fully saturated rings. The third kappa shape index (κ3) is 7.25. The van der Waals surface area contributed by atoms with E-state index in [0.29, 0.717) is 13.0 Å². The molecule has 1 aromatic carbocycles. The molecule has 0 aliphatic rings. The maximum atomic E-state index is 10.7. The van der Waals surface area contributed by atoms with Crippen molar-refractivity contribution in [2.24, 2.45) is 0 Å². The molecule has 1 atom stereocenters. The molecule has 118 valence electrons. The third-order valence-electron chi connectivity index (χ3n) is 3.56. The van der Waals surface area contributed by atoms with Crippen molar-refractivity contribution in [1.29, 1.82) is 0 Å². The monoisotopic (exact) mass is 293 g/mol. The van der Waals surface area contributed by atoms with Gasteiger partial charge in [-0.3, -0.25) is 9.69 Å². The van der Waals surface area contributed by atoms with Gasteiger partial charge in [-0.05, 0) is 31.0 Å². The first-order valence-electron chi connectivity index (χ1n) is 7.68. The van der Waals surface area contributed by atoms with Crippen LogP contribution in [-0.4, -0.2) is 40.8 Å². The van der Waals surface area contributed by atoms with Gasteiger partial charge >= 0.3 is 5.97 Å². The number of aliphatic carboxylic acids is 1. The highest BCUT2D eigenvalue weighted by atomic mass is 16.4. The molecule has 4 heteroatoms. The van der Waals surface area contributed by atoms with Crippen LogP contribution in [0.25, 0.3) is 0 Å². The Hall–Kier alpha value is -1.39. The highest BCUT2D eigenvalue weighted by molar-refractivity contribution is 5.69. The van der Waals surface area contributed by atoms with Crippen molar-refractivity contribution in [2.75, 3.05) is 13.6 Å². The van der Waals surface area contributed by atoms with Crippen LogP contribution in [-0.2, 0) is 17.8 Å². The van der Waals surface area contributed by atoms with Gasteiger partial charge in [-0.2, -0.15) is 0 Å². The minimum Gasteiger partial charge on any atom is -0.480 e. The molecular weight excluding hydrogens is 266 g/mol. The summed E-state index contributed by atoms with van der Waals surface area (Å²) >= 11 is 0. The topological polar surface area (TPSA) is 60.8 Å². The maximum absolute atomic E-state index is 10.7. The number of likely N-dealkylation sites (N-methyl/N-ethyl adjacent to an activating group) is 1. The highest BCUT2D eigenvalue weighted by Gasteiger charge is 2.11. The predicted molar refractivity (Wildman–Crippen MR) is 84.3 cm³/mol. The molecule has 0 saturated carbocycles. The van der Waals surface area contributed by atoms with E-state index in [1.165, 1.54) is 0 Å². The highest BCUT2D eigenvalue weighted by Crippen LogP contribution is 2.16. The van der Waals surface area contributed by atoms with Gasteiger partial charge in [0.25, 0.3) is 0 Å². The van der Waals surface area contributed by atoms with E-state index in [-0.39, 0.29) is 12.6 Å². The Morgan fingerprint density at radius 2 is 1.90 bits per heavy atom. The van der Waals surface area contributed by atoms with E-state index in [4.69, 9.17) is 5.11 Å². The average molecular weight is 293 g/mol. The summed E-state index contributed by atoms with van der Waals surface area (Å²) in [6.45, 7) is 2.76. The molecule has 0 spiro atoms. The van der Waals surface area contributed by atoms with Gasteiger partial charge in [-0.15, -0.1) is 0 Å². The third-order valence-corrected chi connectivity index (χ3v) is 3.56. The number of hydrogen-bond donors (Lipinski definition) is 2. The Kier molecular flexibility index (Phi) is 8.01. The maximum Gasteiger partial charge on any atom is 0.317 e. The molecule has 0 bridgehead atoms. The molecule has 0 aromatic heterocycles. The number of benzene rings is 1. The summed E-state index contributed by atoms with van der Waals surface area (Å²) < 4.78 is 0. The summed E-state index contributed by atoms with van der Waals surface area (Å²) in [5.41, 5.74) is 2.20. The summed E-state index contributed by atoms with van der Waals surface area (Å²) in [4.78, 5) is 12.5. The number of rotatable bonds is 10. The lowest BCUT2D eigenvalue weighted by molar-refractivity contribution is -0.138. The second kappa shape index (κ2) is 9.53. The van der Waals surface area contributed by atoms with Gasteiger partial charge in [0.2, 0.25) is 0 Å². The molecule has 1 aromatic rings. The molecule has 0 radical (unpaired) electrons. The summed E-state index contributed by atoms with van der Waals surface area (Å²) in [5, 5.41) is 18.9. The van der Waals surface area contributed by atoms with Gasteiger partial charge in [-0.25, -0.2) is 0 Å². The first-order chi connectivity index (χ1) is 10.0. The lowest BCUT2D eigenvalue weighted by Gasteiger charge is -2.18. The van der Waals surface area contributed by atoms with Crippen LogP contribution in [0.5, 0.6) is 0 Å². The van der Waals surface area contributed by atoms with E-state index < -0.39 is 5.97 Å². The minimum absolute atomic E-state index is 0.0212. The fraction of sp³-hybridized carbons (Fsp3) is 0.588. The summed E-state index contributed by atoms with van der Waals surface area (Å²) in [6.07, 6.45) is 4.51. The largest absolute Gasteiger partial charge is 0.480 e. The van der Waals surface area contributed by atoms with Gasteiger partial charge in [0.1, 0.15) is 0 Å². The molecule has 21 heavy (non-hydrogen) atoms. The number of unbranched alkanes of at least 4 members (excludes halogenated alkanes) is 2. The quantitative estimate of drug-likeness (QED) is 0.651. The molecule has 1 unspecified atom stereocenters. The van der Waals surface area contributed by atoms with E-state index in [1.54, 1.807) is 11.9 Å². The van der Waals surface area contributed by atoms with Crippen molar-refractivity contribution < 1.29 is 15.0 Å². The Morgan fingerprint density at radius 1 is 1.24 bits per heavy atom. The minimum atomic E-state index is -0.824. The van der Waals surface area contributed by atoms with Gasteiger partial charge in [0.15, 0.2) is 0 Å². The van der Waals surface area contributed by atoms with E-state index in [2.05, 4.69) is 6.92 Å². The van der Waals surface area contributed by atoms with Crippen molar-refractivity contribution in [2.45, 2.75) is 51.7 Å². The fourth-order valence-electron chi connectivity index (χ4n) is 2.47. The molecule has 0 aliphatic heterocycles. The molecular formula is C17H27NO3. The zero-order valence-corrected chi connectivity index (χ0v) is 13.1. The second-order valence-corrected chi connectivity index (χ2v) is 5.69. The van der Waals surface area contributed by atoms with Crippen LogP contribution in [0.2, 0.25) is 0 Å². The van der Waals surface area contributed by atoms with Crippen LogP contribution in [0, 0.1) is 0 Å². The van der Waals surface area contributed by atoms with Crippen molar-refractivity contribution in [1.82, 2.24) is 4.90 Å². The van der Waals surface area contributed by atoms with Gasteiger partial charge in [0.05, 0.1) is 12.6 Å². The summed E-state index contributed by atoms with van der Waals surface area (Å²) in [7, 11) is 1.79. The van der Waals surface area contributed by atoms with Crippen LogP contribution in [0.15, 0.2) is 24.3 Å². The first kappa shape index (κ1) is 17.7. The lowest BCUT2D eigenvalue weighted by atomic mass is 9.98. The number of aliphatic hydroxyl groups excluding tert-OH is 1. The number of carboxylic acid groups (broad SMARTS) is 1. The number of aliphatic hydroxyl groups is 1. The van der Waals surface area contributed by atoms with E-state index >= 15 is 0 Å². The number of hydrogen-bond acceptors (Lipinski definition) is 3. The lowest BCUT2D eigenvalue weighted by Crippen LogP contribution is -2.26. The molecule has 0 saturated heterocycles. The fourth-order valence-corrected chi connectivity index (χ4v) is 2.47. The van der Waals surface area contributed by atoms with Crippen LogP contribution < -0.4 is 0 Å². The molecule has 1 rings (SSSR count). The molecule has 0 aliphatic carbocycles. The summed E-state index contributed by atoms with van der Waals surface area (Å²) in [5.74, 6) is -0.824. The van der Waals surface area contributed by atoms with Gasteiger partial charge < -0.3 is 10.2 Å². The Morgan fingerprint density at radius 3 is 2.52 bits per heavy atom. The van der Waals surface area contributed by atoms with Crippen molar-refractivity contribution >= 4 is 5.97 Å². The smallest absolute Gasteiger partial charge is 0.317 e. The van der Waals surface area contributed by atoms with E-state index in [1.807, 2.05) is 24.3 Å². The zero-order valence-electron chi connectivity index (χ0n) is 13.1. The molecule has 0 amide bonds. The van der Waals surface area contributed by atoms with Crippen molar-refractivity contribution in [3.8, 4) is 0 Å². The van der Waals surface area contributed by atoms with Crippen LogP contribution in [0.3, 0.4) is 0 Å². The Labute approximate surface area is 127 Å². The van der Waals surface area contributed by atoms with Crippen LogP contribution in [0.1, 0.15) is 43.7 Å². The Balaban J connectivity index is 2.59.